The van der Waals surface area contributed by atoms with Crippen LogP contribution in [0.1, 0.15) is 25.7 Å². The summed E-state index contributed by atoms with van der Waals surface area (Å²) in [4.78, 5) is 0. The summed E-state index contributed by atoms with van der Waals surface area (Å²) >= 11 is 5.96. The maximum Gasteiger partial charge on any atom is 0.249 e. The second kappa shape index (κ2) is 7.36. The van der Waals surface area contributed by atoms with Crippen LogP contribution in [0.15, 0.2) is 22.6 Å². The van der Waals surface area contributed by atoms with E-state index in [1.807, 2.05) is 0 Å². The molecule has 2 aromatic rings. The zero-order chi connectivity index (χ0) is 14.4. The minimum atomic E-state index is -0.388. The van der Waals surface area contributed by atoms with Gasteiger partial charge in [0.15, 0.2) is 0 Å². The van der Waals surface area contributed by atoms with E-state index < -0.39 is 0 Å². The normalized spacial score (nSPS) is 10.9. The molecule has 0 saturated heterocycles. The van der Waals surface area contributed by atoms with Gasteiger partial charge in [-0.2, -0.15) is 0 Å². The van der Waals surface area contributed by atoms with E-state index in [9.17, 15) is 4.39 Å². The van der Waals surface area contributed by atoms with Crippen molar-refractivity contribution in [1.29, 1.82) is 0 Å². The molecule has 4 nitrogen and oxygen atoms in total. The summed E-state index contributed by atoms with van der Waals surface area (Å²) in [6.07, 6.45) is 2.76. The van der Waals surface area contributed by atoms with E-state index in [1.165, 1.54) is 18.2 Å². The highest BCUT2D eigenvalue weighted by Crippen LogP contribution is 2.27. The highest BCUT2D eigenvalue weighted by atomic mass is 35.5. The van der Waals surface area contributed by atoms with Crippen LogP contribution in [0.4, 0.5) is 4.39 Å². The number of rotatable bonds is 7. The van der Waals surface area contributed by atoms with Gasteiger partial charge in [-0.3, -0.25) is 0 Å². The molecule has 0 aliphatic heterocycles. The number of aromatic nitrogens is 2. The van der Waals surface area contributed by atoms with Crippen molar-refractivity contribution >= 4 is 11.6 Å². The van der Waals surface area contributed by atoms with Crippen molar-refractivity contribution in [1.82, 2.24) is 15.5 Å². The van der Waals surface area contributed by atoms with Crippen molar-refractivity contribution < 1.29 is 8.81 Å². The summed E-state index contributed by atoms with van der Waals surface area (Å²) < 4.78 is 18.5. The molecular formula is C14H17ClFN3O. The average molecular weight is 298 g/mol. The molecule has 0 unspecified atom stereocenters. The Balaban J connectivity index is 1.95. The average Bonchev–Trinajstić information content (AvgIpc) is 2.87. The number of halogens is 2. The largest absolute Gasteiger partial charge is 0.421 e. The van der Waals surface area contributed by atoms with Crippen molar-refractivity contribution in [2.75, 3.05) is 13.1 Å². The summed E-state index contributed by atoms with van der Waals surface area (Å²) in [5.41, 5.74) is 0.552. The fraction of sp³-hybridized carbons (Fsp3) is 0.429. The lowest BCUT2D eigenvalue weighted by molar-refractivity contribution is 0.491. The van der Waals surface area contributed by atoms with Crippen LogP contribution in [0.2, 0.25) is 5.02 Å². The van der Waals surface area contributed by atoms with E-state index in [2.05, 4.69) is 22.4 Å². The lowest BCUT2D eigenvalue weighted by Crippen LogP contribution is -2.16. The number of nitrogens with one attached hydrogen (secondary N) is 1. The summed E-state index contributed by atoms with van der Waals surface area (Å²) in [6.45, 7) is 4.06. The van der Waals surface area contributed by atoms with Crippen molar-refractivity contribution in [2.45, 2.75) is 26.2 Å². The molecule has 0 aliphatic carbocycles. The lowest BCUT2D eigenvalue weighted by atomic mass is 10.2. The first-order valence-corrected chi connectivity index (χ1v) is 7.07. The highest BCUT2D eigenvalue weighted by molar-refractivity contribution is 6.33. The van der Waals surface area contributed by atoms with Gasteiger partial charge in [-0.25, -0.2) is 4.39 Å². The number of hydrogen-bond acceptors (Lipinski definition) is 4. The molecule has 0 aliphatic rings. The maximum absolute atomic E-state index is 13.0. The van der Waals surface area contributed by atoms with Gasteiger partial charge in [0.05, 0.1) is 10.6 Å². The second-order valence-corrected chi connectivity index (χ2v) is 4.89. The predicted octanol–water partition coefficient (Wildman–Crippen LogP) is 3.46. The van der Waals surface area contributed by atoms with Crippen molar-refractivity contribution in [3.05, 3.63) is 34.9 Å². The number of aryl methyl sites for hydroxylation is 1. The van der Waals surface area contributed by atoms with Crippen LogP contribution in [0.25, 0.3) is 11.5 Å². The quantitative estimate of drug-likeness (QED) is 0.795. The van der Waals surface area contributed by atoms with Crippen molar-refractivity contribution in [3.63, 3.8) is 0 Å². The Morgan fingerprint density at radius 3 is 2.90 bits per heavy atom. The predicted molar refractivity (Wildman–Crippen MR) is 76.2 cm³/mol. The van der Waals surface area contributed by atoms with Crippen LogP contribution >= 0.6 is 11.6 Å². The SMILES string of the molecule is CCCNCCCc1nnc(-c2ccc(F)cc2Cl)o1. The Kier molecular flexibility index (Phi) is 5.49. The van der Waals surface area contributed by atoms with Gasteiger partial charge < -0.3 is 9.73 Å². The molecule has 0 atom stereocenters. The molecule has 1 aromatic heterocycles. The number of benzene rings is 1. The molecule has 6 heteroatoms. The molecular weight excluding hydrogens is 281 g/mol. The Morgan fingerprint density at radius 2 is 2.15 bits per heavy atom. The van der Waals surface area contributed by atoms with Crippen LogP contribution < -0.4 is 5.32 Å². The Hall–Kier alpha value is -1.46. The summed E-state index contributed by atoms with van der Waals surface area (Å²) in [5.74, 6) is 0.505. The third-order valence-corrected chi connectivity index (χ3v) is 3.11. The third-order valence-electron chi connectivity index (χ3n) is 2.80. The molecule has 1 aromatic carbocycles. The molecule has 108 valence electrons. The zero-order valence-electron chi connectivity index (χ0n) is 11.3. The smallest absolute Gasteiger partial charge is 0.249 e. The first-order valence-electron chi connectivity index (χ1n) is 6.69. The van der Waals surface area contributed by atoms with Crippen LogP contribution in [0.3, 0.4) is 0 Å². The van der Waals surface area contributed by atoms with Crippen molar-refractivity contribution in [2.24, 2.45) is 0 Å². The standard InChI is InChI=1S/C14H17ClFN3O/c1-2-7-17-8-3-4-13-18-19-14(20-13)11-6-5-10(16)9-12(11)15/h5-6,9,17H,2-4,7-8H2,1H3. The topological polar surface area (TPSA) is 51.0 Å². The molecule has 20 heavy (non-hydrogen) atoms. The van der Waals surface area contributed by atoms with E-state index in [0.717, 1.165) is 25.9 Å². The van der Waals surface area contributed by atoms with Gasteiger partial charge in [0.1, 0.15) is 5.82 Å². The second-order valence-electron chi connectivity index (χ2n) is 4.48. The molecule has 2 rings (SSSR count). The maximum atomic E-state index is 13.0. The number of nitrogens with zero attached hydrogens (tertiary/aromatic N) is 2. The van der Waals surface area contributed by atoms with Crippen molar-refractivity contribution in [3.8, 4) is 11.5 Å². The summed E-state index contributed by atoms with van der Waals surface area (Å²) in [7, 11) is 0. The first-order chi connectivity index (χ1) is 9.70. The first kappa shape index (κ1) is 14.9. The Bertz CT molecular complexity index is 559. The Labute approximate surface area is 122 Å². The van der Waals surface area contributed by atoms with Gasteiger partial charge >= 0.3 is 0 Å². The monoisotopic (exact) mass is 297 g/mol. The fourth-order valence-electron chi connectivity index (χ4n) is 1.79. The van der Waals surface area contributed by atoms with Gasteiger partial charge in [-0.1, -0.05) is 18.5 Å². The van der Waals surface area contributed by atoms with Crippen LogP contribution in [0.5, 0.6) is 0 Å². The minimum Gasteiger partial charge on any atom is -0.421 e. The van der Waals surface area contributed by atoms with Crippen LogP contribution in [0, 0.1) is 5.82 Å². The van der Waals surface area contributed by atoms with E-state index in [-0.39, 0.29) is 10.8 Å². The Morgan fingerprint density at radius 1 is 1.30 bits per heavy atom. The fourth-order valence-corrected chi connectivity index (χ4v) is 2.04. The van der Waals surface area contributed by atoms with Gasteiger partial charge in [0.25, 0.3) is 0 Å². The molecule has 0 amide bonds. The highest BCUT2D eigenvalue weighted by Gasteiger charge is 2.12. The zero-order valence-corrected chi connectivity index (χ0v) is 12.1. The van der Waals surface area contributed by atoms with Gasteiger partial charge in [0.2, 0.25) is 11.8 Å². The third kappa shape index (κ3) is 4.02. The molecule has 1 heterocycles. The summed E-state index contributed by atoms with van der Waals surface area (Å²) in [5, 5.41) is 11.5. The molecule has 0 saturated carbocycles. The van der Waals surface area contributed by atoms with Crippen LogP contribution in [-0.4, -0.2) is 23.3 Å². The minimum absolute atomic E-state index is 0.268. The van der Waals surface area contributed by atoms with Gasteiger partial charge in [-0.05, 0) is 44.1 Å². The van der Waals surface area contributed by atoms with E-state index in [0.29, 0.717) is 23.8 Å². The summed E-state index contributed by atoms with van der Waals surface area (Å²) in [6, 6.07) is 4.09. The van der Waals surface area contributed by atoms with Gasteiger partial charge in [-0.15, -0.1) is 10.2 Å². The molecule has 0 radical (unpaired) electrons. The lowest BCUT2D eigenvalue weighted by Gasteiger charge is -2.00. The van der Waals surface area contributed by atoms with Crippen LogP contribution in [-0.2, 0) is 6.42 Å². The molecule has 0 bridgehead atoms. The molecule has 0 spiro atoms. The number of hydrogen-bond donors (Lipinski definition) is 1. The van der Waals surface area contributed by atoms with E-state index in [4.69, 9.17) is 16.0 Å². The van der Waals surface area contributed by atoms with E-state index >= 15 is 0 Å². The van der Waals surface area contributed by atoms with E-state index in [1.54, 1.807) is 0 Å². The molecule has 0 fully saturated rings. The molecule has 1 N–H and O–H groups in total. The van der Waals surface area contributed by atoms with Gasteiger partial charge in [0, 0.05) is 6.42 Å².